The minimum Gasteiger partial charge on any atom is -0.494 e. The summed E-state index contributed by atoms with van der Waals surface area (Å²) >= 11 is 0. The summed E-state index contributed by atoms with van der Waals surface area (Å²) in [6.45, 7) is 9.55. The van der Waals surface area contributed by atoms with Crippen molar-refractivity contribution in [3.63, 3.8) is 0 Å². The highest BCUT2D eigenvalue weighted by Gasteiger charge is 2.19. The van der Waals surface area contributed by atoms with E-state index in [0.29, 0.717) is 11.4 Å². The third-order valence-electron chi connectivity index (χ3n) is 3.69. The number of nitrogens with one attached hydrogen (secondary N) is 1. The first-order valence-corrected chi connectivity index (χ1v) is 7.90. The lowest BCUT2D eigenvalue weighted by Crippen LogP contribution is -2.44. The molecule has 1 aromatic rings. The number of likely N-dealkylation sites (N-methyl/N-ethyl adjacent to an activating group) is 1. The summed E-state index contributed by atoms with van der Waals surface area (Å²) < 4.78 is 10.7. The van der Waals surface area contributed by atoms with E-state index in [0.717, 1.165) is 31.9 Å². The van der Waals surface area contributed by atoms with E-state index in [1.165, 1.54) is 0 Å². The number of rotatable bonds is 3. The van der Waals surface area contributed by atoms with Crippen LogP contribution in [0.2, 0.25) is 0 Å². The number of hydrogen-bond acceptors (Lipinski definition) is 5. The van der Waals surface area contributed by atoms with Gasteiger partial charge in [0, 0.05) is 37.9 Å². The van der Waals surface area contributed by atoms with Crippen molar-refractivity contribution >= 4 is 17.5 Å². The molecule has 1 N–H and O–H groups in total. The Morgan fingerprint density at radius 2 is 1.83 bits per heavy atom. The Morgan fingerprint density at radius 3 is 2.39 bits per heavy atom. The van der Waals surface area contributed by atoms with Crippen LogP contribution in [0, 0.1) is 0 Å². The third-order valence-corrected chi connectivity index (χ3v) is 3.69. The SMILES string of the molecule is COc1cc(N2CCN(C)CC2)ccc1NC(=O)OC(C)(C)C. The molecule has 1 aromatic carbocycles. The number of benzene rings is 1. The molecule has 1 aliphatic rings. The predicted molar refractivity (Wildman–Crippen MR) is 92.6 cm³/mol. The number of nitrogens with zero attached hydrogens (tertiary/aromatic N) is 2. The quantitative estimate of drug-likeness (QED) is 0.928. The van der Waals surface area contributed by atoms with Gasteiger partial charge in [-0.2, -0.15) is 0 Å². The molecule has 1 heterocycles. The van der Waals surface area contributed by atoms with Crippen LogP contribution in [0.25, 0.3) is 0 Å². The third kappa shape index (κ3) is 5.03. The van der Waals surface area contributed by atoms with Crippen molar-refractivity contribution in [1.82, 2.24) is 4.90 Å². The second kappa shape index (κ2) is 7.08. The largest absolute Gasteiger partial charge is 0.494 e. The fourth-order valence-electron chi connectivity index (χ4n) is 2.46. The number of anilines is 2. The minimum absolute atomic E-state index is 0.483. The van der Waals surface area contributed by atoms with Gasteiger partial charge in [0.05, 0.1) is 12.8 Å². The molecule has 1 saturated heterocycles. The molecule has 0 aliphatic carbocycles. The molecule has 0 unspecified atom stereocenters. The molecule has 1 fully saturated rings. The van der Waals surface area contributed by atoms with Crippen LogP contribution in [0.3, 0.4) is 0 Å². The van der Waals surface area contributed by atoms with Crippen molar-refractivity contribution in [2.45, 2.75) is 26.4 Å². The first-order chi connectivity index (χ1) is 10.8. The number of carbonyl (C=O) groups is 1. The van der Waals surface area contributed by atoms with E-state index in [4.69, 9.17) is 9.47 Å². The number of amides is 1. The van der Waals surface area contributed by atoms with Crippen LogP contribution < -0.4 is 15.0 Å². The van der Waals surface area contributed by atoms with Gasteiger partial charge in [0.15, 0.2) is 0 Å². The molecule has 2 rings (SSSR count). The topological polar surface area (TPSA) is 54.0 Å². The molecular formula is C17H27N3O3. The van der Waals surface area contributed by atoms with Crippen LogP contribution in [0.1, 0.15) is 20.8 Å². The van der Waals surface area contributed by atoms with Crippen LogP contribution in [0.5, 0.6) is 5.75 Å². The molecule has 23 heavy (non-hydrogen) atoms. The van der Waals surface area contributed by atoms with Crippen LogP contribution in [-0.2, 0) is 4.74 Å². The van der Waals surface area contributed by atoms with Crippen molar-refractivity contribution in [3.8, 4) is 5.75 Å². The maximum absolute atomic E-state index is 11.9. The van der Waals surface area contributed by atoms with Crippen molar-refractivity contribution in [1.29, 1.82) is 0 Å². The summed E-state index contributed by atoms with van der Waals surface area (Å²) in [7, 11) is 3.73. The van der Waals surface area contributed by atoms with Crippen LogP contribution in [-0.4, -0.2) is 56.9 Å². The first kappa shape index (κ1) is 17.4. The van der Waals surface area contributed by atoms with Crippen molar-refractivity contribution < 1.29 is 14.3 Å². The fraction of sp³-hybridized carbons (Fsp3) is 0.588. The second-order valence-corrected chi connectivity index (χ2v) is 6.80. The Labute approximate surface area is 138 Å². The zero-order chi connectivity index (χ0) is 17.0. The van der Waals surface area contributed by atoms with E-state index in [1.54, 1.807) is 7.11 Å². The van der Waals surface area contributed by atoms with E-state index >= 15 is 0 Å². The molecule has 0 bridgehead atoms. The molecule has 0 saturated carbocycles. The Balaban J connectivity index is 2.09. The number of carbonyl (C=O) groups excluding carboxylic acids is 1. The molecule has 1 amide bonds. The van der Waals surface area contributed by atoms with Gasteiger partial charge in [0.1, 0.15) is 11.4 Å². The summed E-state index contributed by atoms with van der Waals surface area (Å²) in [6.07, 6.45) is -0.483. The Kier molecular flexibility index (Phi) is 5.36. The molecule has 0 atom stereocenters. The van der Waals surface area contributed by atoms with Crippen molar-refractivity contribution in [2.75, 3.05) is 50.6 Å². The zero-order valence-corrected chi connectivity index (χ0v) is 14.7. The van der Waals surface area contributed by atoms with Gasteiger partial charge >= 0.3 is 6.09 Å². The minimum atomic E-state index is -0.531. The van der Waals surface area contributed by atoms with Crippen LogP contribution in [0.15, 0.2) is 18.2 Å². The van der Waals surface area contributed by atoms with Gasteiger partial charge in [0.25, 0.3) is 0 Å². The van der Waals surface area contributed by atoms with Gasteiger partial charge in [-0.05, 0) is 40.0 Å². The lowest BCUT2D eigenvalue weighted by atomic mass is 10.2. The summed E-state index contributed by atoms with van der Waals surface area (Å²) in [4.78, 5) is 16.5. The van der Waals surface area contributed by atoms with Gasteiger partial charge < -0.3 is 19.3 Å². The van der Waals surface area contributed by atoms with Gasteiger partial charge in [-0.15, -0.1) is 0 Å². The normalized spacial score (nSPS) is 16.1. The maximum atomic E-state index is 11.9. The molecule has 6 heteroatoms. The van der Waals surface area contributed by atoms with E-state index in [1.807, 2.05) is 39.0 Å². The van der Waals surface area contributed by atoms with Gasteiger partial charge in [0.2, 0.25) is 0 Å². The van der Waals surface area contributed by atoms with Gasteiger partial charge in [-0.25, -0.2) is 4.79 Å². The van der Waals surface area contributed by atoms with Gasteiger partial charge in [-0.3, -0.25) is 5.32 Å². The number of methoxy groups -OCH3 is 1. The van der Waals surface area contributed by atoms with Crippen molar-refractivity contribution in [3.05, 3.63) is 18.2 Å². The highest BCUT2D eigenvalue weighted by atomic mass is 16.6. The highest BCUT2D eigenvalue weighted by Crippen LogP contribution is 2.30. The maximum Gasteiger partial charge on any atom is 0.412 e. The molecular weight excluding hydrogens is 294 g/mol. The number of piperazine rings is 1. The second-order valence-electron chi connectivity index (χ2n) is 6.80. The molecule has 128 valence electrons. The summed E-state index contributed by atoms with van der Waals surface area (Å²) in [6, 6.07) is 5.81. The molecule has 0 spiro atoms. The van der Waals surface area contributed by atoms with E-state index in [2.05, 4.69) is 22.2 Å². The standard InChI is InChI=1S/C17H27N3O3/c1-17(2,3)23-16(21)18-14-7-6-13(12-15(14)22-5)20-10-8-19(4)9-11-20/h6-7,12H,8-11H2,1-5H3,(H,18,21). The lowest BCUT2D eigenvalue weighted by Gasteiger charge is -2.34. The molecule has 1 aliphatic heterocycles. The summed E-state index contributed by atoms with van der Waals surface area (Å²) in [5.74, 6) is 0.632. The first-order valence-electron chi connectivity index (χ1n) is 7.90. The van der Waals surface area contributed by atoms with Gasteiger partial charge in [-0.1, -0.05) is 0 Å². The predicted octanol–water partition coefficient (Wildman–Crippen LogP) is 2.79. The van der Waals surface area contributed by atoms with Crippen LogP contribution in [0.4, 0.5) is 16.2 Å². The highest BCUT2D eigenvalue weighted by molar-refractivity contribution is 5.87. The molecule has 0 radical (unpaired) electrons. The van der Waals surface area contributed by atoms with Crippen molar-refractivity contribution in [2.24, 2.45) is 0 Å². The number of ether oxygens (including phenoxy) is 2. The Hall–Kier alpha value is -1.95. The lowest BCUT2D eigenvalue weighted by molar-refractivity contribution is 0.0635. The molecule has 0 aromatic heterocycles. The van der Waals surface area contributed by atoms with E-state index in [-0.39, 0.29) is 0 Å². The van der Waals surface area contributed by atoms with E-state index < -0.39 is 11.7 Å². The summed E-state index contributed by atoms with van der Waals surface area (Å²) in [5.41, 5.74) is 1.18. The number of hydrogen-bond donors (Lipinski definition) is 1. The zero-order valence-electron chi connectivity index (χ0n) is 14.7. The monoisotopic (exact) mass is 321 g/mol. The Morgan fingerprint density at radius 1 is 1.17 bits per heavy atom. The average Bonchev–Trinajstić information content (AvgIpc) is 2.46. The summed E-state index contributed by atoms with van der Waals surface area (Å²) in [5, 5.41) is 2.74. The Bertz CT molecular complexity index is 547. The smallest absolute Gasteiger partial charge is 0.412 e. The average molecular weight is 321 g/mol. The van der Waals surface area contributed by atoms with E-state index in [9.17, 15) is 4.79 Å². The molecule has 6 nitrogen and oxygen atoms in total. The van der Waals surface area contributed by atoms with Crippen LogP contribution >= 0.6 is 0 Å². The fourth-order valence-corrected chi connectivity index (χ4v) is 2.46.